The molecule has 2 aliphatic rings. The molecule has 2 saturated heterocycles. The lowest BCUT2D eigenvalue weighted by Crippen LogP contribution is -2.42. The molecule has 3 heterocycles. The molecule has 0 saturated carbocycles. The molecule has 34 heavy (non-hydrogen) atoms. The van der Waals surface area contributed by atoms with E-state index in [4.69, 9.17) is 4.74 Å². The zero-order valence-electron chi connectivity index (χ0n) is 20.1. The predicted octanol–water partition coefficient (Wildman–Crippen LogP) is 3.58. The summed E-state index contributed by atoms with van der Waals surface area (Å²) in [6, 6.07) is 7.32. The molecule has 7 nitrogen and oxygen atoms in total. The van der Waals surface area contributed by atoms with Crippen molar-refractivity contribution in [2.45, 2.75) is 51.3 Å². The lowest BCUT2D eigenvalue weighted by Gasteiger charge is -2.34. The minimum Gasteiger partial charge on any atom is -0.476 e. The van der Waals surface area contributed by atoms with Crippen molar-refractivity contribution in [3.63, 3.8) is 0 Å². The second-order valence-corrected chi connectivity index (χ2v) is 10.1. The van der Waals surface area contributed by atoms with Gasteiger partial charge in [-0.05, 0) is 70.7 Å². The Morgan fingerprint density at radius 2 is 1.85 bits per heavy atom. The van der Waals surface area contributed by atoms with Gasteiger partial charge < -0.3 is 19.6 Å². The molecule has 0 radical (unpaired) electrons. The van der Waals surface area contributed by atoms with Crippen LogP contribution in [0.3, 0.4) is 0 Å². The third kappa shape index (κ3) is 6.73. The normalized spacial score (nSPS) is 20.4. The van der Waals surface area contributed by atoms with Crippen molar-refractivity contribution < 1.29 is 19.0 Å². The maximum absolute atomic E-state index is 13.8. The number of benzene rings is 1. The SMILES string of the molecule is CC(C)(F)CN1CCC(COc2cnc(-c3ccc(C(=O)N4CCCC(O)C4)cc3)cn2)CC1. The number of alkyl halides is 1. The van der Waals surface area contributed by atoms with E-state index < -0.39 is 11.8 Å². The first kappa shape index (κ1) is 24.5. The molecule has 2 fully saturated rings. The highest BCUT2D eigenvalue weighted by Crippen LogP contribution is 2.23. The van der Waals surface area contributed by atoms with Gasteiger partial charge in [0.15, 0.2) is 0 Å². The number of carbonyl (C=O) groups is 1. The Hall–Kier alpha value is -2.58. The molecule has 184 valence electrons. The van der Waals surface area contributed by atoms with Gasteiger partial charge in [0.1, 0.15) is 5.67 Å². The van der Waals surface area contributed by atoms with E-state index in [1.807, 2.05) is 12.1 Å². The van der Waals surface area contributed by atoms with Gasteiger partial charge in [-0.25, -0.2) is 14.4 Å². The largest absolute Gasteiger partial charge is 0.476 e. The van der Waals surface area contributed by atoms with Gasteiger partial charge in [0.2, 0.25) is 5.88 Å². The average molecular weight is 471 g/mol. The van der Waals surface area contributed by atoms with Gasteiger partial charge in [-0.3, -0.25) is 4.79 Å². The van der Waals surface area contributed by atoms with Crippen LogP contribution in [-0.4, -0.2) is 81.9 Å². The van der Waals surface area contributed by atoms with Crippen LogP contribution >= 0.6 is 0 Å². The number of aliphatic hydroxyl groups excluding tert-OH is 1. The van der Waals surface area contributed by atoms with E-state index in [0.717, 1.165) is 44.3 Å². The van der Waals surface area contributed by atoms with Gasteiger partial charge in [0.25, 0.3) is 5.91 Å². The van der Waals surface area contributed by atoms with Crippen molar-refractivity contribution in [3.05, 3.63) is 42.2 Å². The molecular weight excluding hydrogens is 435 g/mol. The van der Waals surface area contributed by atoms with E-state index in [1.165, 1.54) is 0 Å². The van der Waals surface area contributed by atoms with Gasteiger partial charge in [0.05, 0.1) is 30.8 Å². The fourth-order valence-electron chi connectivity index (χ4n) is 4.69. The summed E-state index contributed by atoms with van der Waals surface area (Å²) in [5.74, 6) is 0.873. The molecule has 1 unspecified atom stereocenters. The van der Waals surface area contributed by atoms with E-state index in [1.54, 1.807) is 43.3 Å². The van der Waals surface area contributed by atoms with Crippen LogP contribution in [0, 0.1) is 5.92 Å². The number of amides is 1. The van der Waals surface area contributed by atoms with Gasteiger partial charge in [-0.15, -0.1) is 0 Å². The highest BCUT2D eigenvalue weighted by Gasteiger charge is 2.26. The first-order valence-corrected chi connectivity index (χ1v) is 12.2. The maximum atomic E-state index is 13.8. The highest BCUT2D eigenvalue weighted by molar-refractivity contribution is 5.94. The van der Waals surface area contributed by atoms with Crippen LogP contribution in [0.25, 0.3) is 11.3 Å². The Morgan fingerprint density at radius 1 is 1.12 bits per heavy atom. The Balaban J connectivity index is 1.26. The standard InChI is InChI=1S/C26H35FN4O3/c1-26(2,27)18-30-12-9-19(10-13-30)17-34-24-15-28-23(14-29-24)20-5-7-21(8-6-20)25(33)31-11-3-4-22(32)16-31/h5-8,14-15,19,22,32H,3-4,9-13,16-18H2,1-2H3. The van der Waals surface area contributed by atoms with Gasteiger partial charge >= 0.3 is 0 Å². The summed E-state index contributed by atoms with van der Waals surface area (Å²) in [6.07, 6.45) is 6.43. The van der Waals surface area contributed by atoms with Crippen LogP contribution in [0.1, 0.15) is 49.9 Å². The molecule has 0 spiro atoms. The second kappa shape index (κ2) is 10.8. The number of likely N-dealkylation sites (tertiary alicyclic amines) is 2. The molecule has 1 atom stereocenters. The minimum atomic E-state index is -1.16. The topological polar surface area (TPSA) is 78.8 Å². The molecule has 4 rings (SSSR count). The molecule has 1 N–H and O–H groups in total. The number of aliphatic hydroxyl groups is 1. The predicted molar refractivity (Wildman–Crippen MR) is 128 cm³/mol. The Kier molecular flexibility index (Phi) is 7.78. The van der Waals surface area contributed by atoms with Gasteiger partial charge in [0, 0.05) is 30.8 Å². The van der Waals surface area contributed by atoms with Crippen LogP contribution in [0.4, 0.5) is 4.39 Å². The highest BCUT2D eigenvalue weighted by atomic mass is 19.1. The lowest BCUT2D eigenvalue weighted by molar-refractivity contribution is 0.0474. The van der Waals surface area contributed by atoms with E-state index in [9.17, 15) is 14.3 Å². The smallest absolute Gasteiger partial charge is 0.253 e. The molecular formula is C26H35FN4O3. The Labute approximate surface area is 201 Å². The Bertz CT molecular complexity index is 938. The number of nitrogens with zero attached hydrogens (tertiary/aromatic N) is 4. The summed E-state index contributed by atoms with van der Waals surface area (Å²) in [5, 5.41) is 9.82. The molecule has 2 aliphatic heterocycles. The van der Waals surface area contributed by atoms with E-state index in [0.29, 0.717) is 49.3 Å². The summed E-state index contributed by atoms with van der Waals surface area (Å²) < 4.78 is 19.7. The van der Waals surface area contributed by atoms with E-state index >= 15 is 0 Å². The van der Waals surface area contributed by atoms with Crippen molar-refractivity contribution >= 4 is 5.91 Å². The van der Waals surface area contributed by atoms with Crippen LogP contribution < -0.4 is 4.74 Å². The van der Waals surface area contributed by atoms with Gasteiger partial charge in [-0.1, -0.05) is 12.1 Å². The first-order chi connectivity index (χ1) is 16.3. The van der Waals surface area contributed by atoms with Crippen molar-refractivity contribution in [3.8, 4) is 17.1 Å². The number of hydrogen-bond donors (Lipinski definition) is 1. The molecule has 0 bridgehead atoms. The third-order valence-electron chi connectivity index (χ3n) is 6.51. The van der Waals surface area contributed by atoms with Crippen molar-refractivity contribution in [2.24, 2.45) is 5.92 Å². The molecule has 8 heteroatoms. The zero-order valence-corrected chi connectivity index (χ0v) is 20.1. The van der Waals surface area contributed by atoms with E-state index in [-0.39, 0.29) is 5.91 Å². The minimum absolute atomic E-state index is 0.0561. The molecule has 1 aromatic heterocycles. The number of halogens is 1. The third-order valence-corrected chi connectivity index (χ3v) is 6.51. The van der Waals surface area contributed by atoms with Crippen LogP contribution in [0.5, 0.6) is 5.88 Å². The lowest BCUT2D eigenvalue weighted by atomic mass is 9.97. The number of piperidine rings is 2. The van der Waals surface area contributed by atoms with Crippen LogP contribution in [0.15, 0.2) is 36.7 Å². The van der Waals surface area contributed by atoms with Crippen molar-refractivity contribution in [1.82, 2.24) is 19.8 Å². The number of carbonyl (C=O) groups excluding carboxylic acids is 1. The Morgan fingerprint density at radius 3 is 2.47 bits per heavy atom. The van der Waals surface area contributed by atoms with Crippen LogP contribution in [0.2, 0.25) is 0 Å². The summed E-state index contributed by atoms with van der Waals surface area (Å²) in [7, 11) is 0. The quantitative estimate of drug-likeness (QED) is 0.667. The number of ether oxygens (including phenoxy) is 1. The number of β-amino-alcohol motifs (C(OH)–C–C–N with tert-alkyl or cyclic N) is 1. The first-order valence-electron chi connectivity index (χ1n) is 12.2. The number of hydrogen-bond acceptors (Lipinski definition) is 6. The second-order valence-electron chi connectivity index (χ2n) is 10.1. The zero-order chi connectivity index (χ0) is 24.1. The summed E-state index contributed by atoms with van der Waals surface area (Å²) >= 11 is 0. The summed E-state index contributed by atoms with van der Waals surface area (Å²) in [5.41, 5.74) is 1.03. The van der Waals surface area contributed by atoms with Crippen LogP contribution in [-0.2, 0) is 0 Å². The molecule has 1 amide bonds. The fraction of sp³-hybridized carbons (Fsp3) is 0.577. The monoisotopic (exact) mass is 470 g/mol. The molecule has 1 aromatic carbocycles. The molecule has 2 aromatic rings. The number of aromatic nitrogens is 2. The summed E-state index contributed by atoms with van der Waals surface area (Å²) in [4.78, 5) is 25.4. The van der Waals surface area contributed by atoms with E-state index in [2.05, 4.69) is 14.9 Å². The summed E-state index contributed by atoms with van der Waals surface area (Å²) in [6.45, 7) is 7.17. The maximum Gasteiger partial charge on any atom is 0.253 e. The fourth-order valence-corrected chi connectivity index (χ4v) is 4.69. The van der Waals surface area contributed by atoms with Gasteiger partial charge in [-0.2, -0.15) is 0 Å². The average Bonchev–Trinajstić information content (AvgIpc) is 2.83. The van der Waals surface area contributed by atoms with Crippen molar-refractivity contribution in [1.29, 1.82) is 0 Å². The van der Waals surface area contributed by atoms with Crippen molar-refractivity contribution in [2.75, 3.05) is 39.3 Å². The number of rotatable bonds is 7. The molecule has 0 aliphatic carbocycles.